The summed E-state index contributed by atoms with van der Waals surface area (Å²) in [7, 11) is 3.24. The lowest BCUT2D eigenvalue weighted by atomic mass is 9.32. The van der Waals surface area contributed by atoms with Crippen LogP contribution >= 0.6 is 11.3 Å². The summed E-state index contributed by atoms with van der Waals surface area (Å²) in [6.45, 7) is 12.6. The fourth-order valence-electron chi connectivity index (χ4n) is 14.6. The fourth-order valence-corrected chi connectivity index (χ4v) is 15.4. The van der Waals surface area contributed by atoms with Crippen molar-refractivity contribution in [2.45, 2.75) is 117 Å². The van der Waals surface area contributed by atoms with Crippen LogP contribution in [-0.2, 0) is 11.2 Å². The van der Waals surface area contributed by atoms with Gasteiger partial charge in [-0.3, -0.25) is 9.59 Å². The van der Waals surface area contributed by atoms with Crippen molar-refractivity contribution in [3.05, 3.63) is 69.5 Å². The van der Waals surface area contributed by atoms with Crippen molar-refractivity contribution >= 4 is 23.0 Å². The number of amides is 1. The Morgan fingerprint density at radius 3 is 2.32 bits per heavy atom. The largest absolute Gasteiger partial charge is 0.493 e. The molecule has 6 fully saturated rings. The molecule has 11 rings (SSSR count). The number of nitrogens with zero attached hydrogens (tertiary/aromatic N) is 1. The van der Waals surface area contributed by atoms with Crippen molar-refractivity contribution in [1.82, 2.24) is 4.90 Å². The summed E-state index contributed by atoms with van der Waals surface area (Å²) in [6, 6.07) is 9.75. The quantitative estimate of drug-likeness (QED) is 0.185. The third-order valence-corrected chi connectivity index (χ3v) is 19.0. The van der Waals surface area contributed by atoms with Crippen molar-refractivity contribution in [3.63, 3.8) is 0 Å². The van der Waals surface area contributed by atoms with Crippen LogP contribution in [0.3, 0.4) is 0 Å². The molecule has 8 heteroatoms. The maximum Gasteiger partial charge on any atom is 0.227 e. The minimum absolute atomic E-state index is 0.0389. The molecule has 2 spiro atoms. The topological polar surface area (TPSA) is 96.3 Å². The van der Waals surface area contributed by atoms with E-state index in [1.54, 1.807) is 25.6 Å². The van der Waals surface area contributed by atoms with E-state index in [2.05, 4.69) is 57.7 Å². The highest BCUT2D eigenvalue weighted by atomic mass is 32.1. The number of aliphatic hydroxyl groups is 2. The molecule has 0 radical (unpaired) electrons. The van der Waals surface area contributed by atoms with E-state index in [4.69, 9.17) is 9.47 Å². The Bertz CT molecular complexity index is 2000. The lowest BCUT2D eigenvalue weighted by Gasteiger charge is -2.71. The van der Waals surface area contributed by atoms with Crippen LogP contribution in [0.15, 0.2) is 54.1 Å². The van der Waals surface area contributed by atoms with Gasteiger partial charge in [0.1, 0.15) is 0 Å². The van der Waals surface area contributed by atoms with Gasteiger partial charge in [-0.25, -0.2) is 0 Å². The summed E-state index contributed by atoms with van der Waals surface area (Å²) in [5, 5.41) is 24.5. The van der Waals surface area contributed by atoms with Gasteiger partial charge in [0.15, 0.2) is 17.3 Å². The van der Waals surface area contributed by atoms with Gasteiger partial charge in [0.2, 0.25) is 5.91 Å². The van der Waals surface area contributed by atoms with Gasteiger partial charge in [-0.1, -0.05) is 52.0 Å². The molecule has 11 atom stereocenters. The fraction of sp³-hybridized carbons (Fsp3) is 0.667. The van der Waals surface area contributed by atoms with E-state index in [0.717, 1.165) is 65.3 Å². The van der Waals surface area contributed by atoms with Crippen molar-refractivity contribution in [1.29, 1.82) is 0 Å². The number of methoxy groups -OCH3 is 2. The molecule has 7 nitrogen and oxygen atoms in total. The van der Waals surface area contributed by atoms with Gasteiger partial charge >= 0.3 is 0 Å². The van der Waals surface area contributed by atoms with Crippen LogP contribution in [0.5, 0.6) is 11.5 Å². The average Bonchev–Trinajstić information content (AvgIpc) is 3.73. The van der Waals surface area contributed by atoms with Crippen LogP contribution in [0, 0.1) is 63.6 Å². The molecule has 1 amide bonds. The molecule has 1 heterocycles. The third kappa shape index (κ3) is 5.25. The SMILES string of the molecule is COc1ccc(CC(=O)N(CC2CCC3CC2C3(C)C)CC2(O)CCC3C45C=CC6(C=C4C(=O)c4ccc(C)s4)CC(O)CCC6(C)C5CCC32C)cc1OC. The van der Waals surface area contributed by atoms with Gasteiger partial charge in [0.25, 0.3) is 0 Å². The van der Waals surface area contributed by atoms with Crippen LogP contribution in [0.2, 0.25) is 0 Å². The van der Waals surface area contributed by atoms with Crippen LogP contribution in [-0.4, -0.2) is 65.8 Å². The van der Waals surface area contributed by atoms with Gasteiger partial charge in [-0.15, -0.1) is 11.3 Å². The number of carbonyl (C=O) groups is 2. The molecule has 0 saturated heterocycles. The van der Waals surface area contributed by atoms with Crippen molar-refractivity contribution in [3.8, 4) is 11.5 Å². The van der Waals surface area contributed by atoms with E-state index in [0.29, 0.717) is 49.3 Å². The number of carbonyl (C=O) groups excluding carboxylic acids is 2. The number of hydrogen-bond acceptors (Lipinski definition) is 7. The summed E-state index contributed by atoms with van der Waals surface area (Å²) in [6.07, 6.45) is 16.0. The molecule has 302 valence electrons. The zero-order chi connectivity index (χ0) is 39.6. The minimum Gasteiger partial charge on any atom is -0.493 e. The number of hydrogen-bond donors (Lipinski definition) is 2. The monoisotopic (exact) mass is 781 g/mol. The first-order valence-electron chi connectivity index (χ1n) is 21.5. The predicted octanol–water partition coefficient (Wildman–Crippen LogP) is 8.99. The first-order chi connectivity index (χ1) is 26.5. The Morgan fingerprint density at radius 2 is 1.62 bits per heavy atom. The zero-order valence-corrected chi connectivity index (χ0v) is 35.5. The molecule has 1 aromatic carbocycles. The first kappa shape index (κ1) is 38.6. The molecule has 56 heavy (non-hydrogen) atoms. The third-order valence-electron chi connectivity index (χ3n) is 18.0. The number of ether oxygens (including phenoxy) is 2. The number of fused-ring (bicyclic) bond motifs is 3. The van der Waals surface area contributed by atoms with Crippen LogP contribution in [0.25, 0.3) is 0 Å². The normalized spacial score (nSPS) is 41.1. The van der Waals surface area contributed by atoms with Gasteiger partial charge in [-0.2, -0.15) is 0 Å². The molecule has 4 bridgehead atoms. The second kappa shape index (κ2) is 13.0. The summed E-state index contributed by atoms with van der Waals surface area (Å²) in [5.41, 5.74) is -0.562. The number of aliphatic hydroxyl groups excluding tert-OH is 1. The summed E-state index contributed by atoms with van der Waals surface area (Å²) in [5.74, 6) is 3.42. The first-order valence-corrected chi connectivity index (χ1v) is 22.3. The van der Waals surface area contributed by atoms with E-state index >= 15 is 0 Å². The lowest BCUT2D eigenvalue weighted by Crippen LogP contribution is -2.67. The molecule has 9 aliphatic rings. The number of ketones is 1. The molecule has 0 aliphatic heterocycles. The van der Waals surface area contributed by atoms with Crippen LogP contribution in [0.4, 0.5) is 0 Å². The molecular formula is C48H63NO6S. The van der Waals surface area contributed by atoms with Crippen molar-refractivity contribution < 1.29 is 29.3 Å². The van der Waals surface area contributed by atoms with E-state index in [-0.39, 0.29) is 52.3 Å². The van der Waals surface area contributed by atoms with Crippen molar-refractivity contribution in [2.24, 2.45) is 56.7 Å². The summed E-state index contributed by atoms with van der Waals surface area (Å²) >= 11 is 1.57. The number of allylic oxidation sites excluding steroid dienone is 4. The smallest absolute Gasteiger partial charge is 0.227 e. The molecular weight excluding hydrogens is 719 g/mol. The Morgan fingerprint density at radius 1 is 0.893 bits per heavy atom. The zero-order valence-electron chi connectivity index (χ0n) is 34.7. The highest BCUT2D eigenvalue weighted by Gasteiger charge is 2.74. The predicted molar refractivity (Wildman–Crippen MR) is 220 cm³/mol. The van der Waals surface area contributed by atoms with Gasteiger partial charge in [0.05, 0.1) is 37.2 Å². The Kier molecular flexibility index (Phi) is 8.97. The maximum absolute atomic E-state index is 14.9. The highest BCUT2D eigenvalue weighted by molar-refractivity contribution is 7.14. The van der Waals surface area contributed by atoms with Crippen LogP contribution in [0.1, 0.15) is 112 Å². The Hall–Kier alpha value is -2.94. The number of rotatable bonds is 10. The molecule has 6 saturated carbocycles. The number of thiophene rings is 1. The number of aryl methyl sites for hydroxylation is 1. The van der Waals surface area contributed by atoms with Gasteiger partial charge < -0.3 is 24.6 Å². The standard InChI is InChI=1S/C48H63NO6S/c1-29-8-13-38(56-29)42(52)35-26-46-20-21-48(35)39(44(46,4)17-14-33(50)25-46)15-18-45(5)40(48)16-19-47(45,53)28-49(27-31-10-11-32-24-34(31)43(32,2)3)41(51)23-30-9-12-36(54-6)37(22-30)55-7/h8-9,12-13,20-22,26,31-34,39-40,50,53H,10-11,14-19,23-25,27-28H2,1-7H3. The molecule has 11 unspecified atom stereocenters. The van der Waals surface area contributed by atoms with Gasteiger partial charge in [-0.05, 0) is 141 Å². The van der Waals surface area contributed by atoms with E-state index in [1.165, 1.54) is 12.8 Å². The minimum atomic E-state index is -1.12. The average molecular weight is 782 g/mol. The lowest BCUT2D eigenvalue weighted by molar-refractivity contribution is -0.180. The summed E-state index contributed by atoms with van der Waals surface area (Å²) in [4.78, 5) is 33.6. The second-order valence-corrected chi connectivity index (χ2v) is 21.7. The Labute approximate surface area is 337 Å². The van der Waals surface area contributed by atoms with E-state index in [1.807, 2.05) is 30.3 Å². The molecule has 2 aromatic rings. The van der Waals surface area contributed by atoms with Crippen LogP contribution < -0.4 is 9.47 Å². The van der Waals surface area contributed by atoms with E-state index < -0.39 is 16.4 Å². The Balaban J connectivity index is 1.08. The van der Waals surface area contributed by atoms with E-state index in [9.17, 15) is 19.8 Å². The van der Waals surface area contributed by atoms with Gasteiger partial charge in [0, 0.05) is 39.8 Å². The second-order valence-electron chi connectivity index (χ2n) is 20.4. The molecule has 1 aromatic heterocycles. The summed E-state index contributed by atoms with van der Waals surface area (Å²) < 4.78 is 11.1. The molecule has 9 aliphatic carbocycles. The highest BCUT2D eigenvalue weighted by Crippen LogP contribution is 2.78. The number of Topliss-reactive ketones (excluding diaryl/α,β-unsaturated/α-hetero) is 1. The molecule has 2 N–H and O–H groups in total. The number of benzene rings is 1. The maximum atomic E-state index is 14.9. The van der Waals surface area contributed by atoms with Crippen molar-refractivity contribution in [2.75, 3.05) is 27.3 Å².